The first-order valence-corrected chi connectivity index (χ1v) is 24.3. The molecule has 0 fully saturated rings. The molecule has 20 heteroatoms. The zero-order valence-corrected chi connectivity index (χ0v) is 38.2. The topological polar surface area (TPSA) is 175 Å². The maximum atomic E-state index is 14.9. The number of aromatic amines is 1. The lowest BCUT2D eigenvalue weighted by Gasteiger charge is -2.15. The van der Waals surface area contributed by atoms with E-state index < -0.39 is 19.7 Å². The van der Waals surface area contributed by atoms with E-state index in [0.717, 1.165) is 6.04 Å². The number of nitrogens with zero attached hydrogens (tertiary/aromatic N) is 9. The number of ether oxygens (including phenoxy) is 1. The molecule has 0 aliphatic rings. The van der Waals surface area contributed by atoms with Crippen LogP contribution in [-0.2, 0) is 25.6 Å². The number of benzene rings is 2. The van der Waals surface area contributed by atoms with E-state index in [2.05, 4.69) is 60.4 Å². The highest BCUT2D eigenvalue weighted by Crippen LogP contribution is 2.34. The van der Waals surface area contributed by atoms with E-state index in [0.29, 0.717) is 84.6 Å². The average Bonchev–Trinajstić information content (AvgIpc) is 3.94. The van der Waals surface area contributed by atoms with Crippen LogP contribution in [0.2, 0.25) is 35.7 Å². The third-order valence-corrected chi connectivity index (χ3v) is 11.9. The van der Waals surface area contributed by atoms with Gasteiger partial charge in [-0.3, -0.25) is 19.0 Å². The maximum Gasteiger partial charge on any atom is 0.255 e. The largest absolute Gasteiger partial charge is 0.361 e. The Balaban J connectivity index is 0.000000192. The van der Waals surface area contributed by atoms with Crippen molar-refractivity contribution in [3.05, 3.63) is 81.9 Å². The fourth-order valence-corrected chi connectivity index (χ4v) is 7.95. The van der Waals surface area contributed by atoms with Crippen molar-refractivity contribution in [2.75, 3.05) is 6.61 Å². The highest BCUT2D eigenvalue weighted by Gasteiger charge is 2.24. The minimum Gasteiger partial charge on any atom is -0.361 e. The van der Waals surface area contributed by atoms with Crippen LogP contribution in [0.4, 0.5) is 8.78 Å². The molecule has 15 nitrogen and oxygen atoms in total. The molecule has 6 heterocycles. The molecule has 0 atom stereocenters. The fraction of sp³-hybridized carbons (Fsp3) is 0.333. The molecule has 324 valence electrons. The van der Waals surface area contributed by atoms with E-state index in [9.17, 15) is 18.4 Å². The number of nitrogens with one attached hydrogen (secondary N) is 3. The number of carbonyl (C=O) groups excluding carboxylic acids is 2. The number of aromatic nitrogens is 10. The molecule has 2 aromatic carbocycles. The van der Waals surface area contributed by atoms with Crippen LogP contribution in [-0.4, -0.2) is 87.6 Å². The van der Waals surface area contributed by atoms with Crippen molar-refractivity contribution in [3.63, 3.8) is 0 Å². The first-order chi connectivity index (χ1) is 29.3. The second-order valence-electron chi connectivity index (χ2n) is 16.7. The number of hydrogen-bond donors (Lipinski definition) is 3. The maximum absolute atomic E-state index is 14.9. The SMILES string of the molecule is CC(C)NC(=O)c1c[nH]c2ncc(-c3nn(C)c4cc(Cl)cc(F)c34)nc12.CC(C)NC(=O)c1cn(COCC[Si](C)(C)C)c2ncc(-c3nn(C)c4cc(Cl)cc(F)c34)nc12. The van der Waals surface area contributed by atoms with Crippen LogP contribution < -0.4 is 10.6 Å². The minimum absolute atomic E-state index is 0.0165. The van der Waals surface area contributed by atoms with Crippen molar-refractivity contribution in [3.8, 4) is 22.8 Å². The minimum atomic E-state index is -1.23. The molecule has 0 bridgehead atoms. The monoisotopic (exact) mass is 902 g/mol. The summed E-state index contributed by atoms with van der Waals surface area (Å²) in [5, 5.41) is 15.8. The number of H-pyrrole nitrogens is 1. The van der Waals surface area contributed by atoms with Crippen LogP contribution in [0.1, 0.15) is 48.4 Å². The molecule has 62 heavy (non-hydrogen) atoms. The summed E-state index contributed by atoms with van der Waals surface area (Å²) in [5.74, 6) is -1.51. The molecule has 0 unspecified atom stereocenters. The Bertz CT molecular complexity index is 3010. The lowest BCUT2D eigenvalue weighted by atomic mass is 10.1. The lowest BCUT2D eigenvalue weighted by Crippen LogP contribution is -2.30. The van der Waals surface area contributed by atoms with Crippen molar-refractivity contribution in [2.45, 2.75) is 72.2 Å². The Morgan fingerprint density at radius 3 is 1.84 bits per heavy atom. The van der Waals surface area contributed by atoms with Gasteiger partial charge in [0.25, 0.3) is 11.8 Å². The average molecular weight is 904 g/mol. The molecule has 8 rings (SSSR count). The van der Waals surface area contributed by atoms with Gasteiger partial charge in [0.2, 0.25) is 0 Å². The molecule has 0 saturated carbocycles. The van der Waals surface area contributed by atoms with E-state index in [1.165, 1.54) is 23.0 Å². The molecule has 6 aromatic heterocycles. The van der Waals surface area contributed by atoms with E-state index in [1.807, 2.05) is 27.7 Å². The summed E-state index contributed by atoms with van der Waals surface area (Å²) < 4.78 is 40.2. The van der Waals surface area contributed by atoms with Gasteiger partial charge in [-0.05, 0) is 58.0 Å². The van der Waals surface area contributed by atoms with Gasteiger partial charge in [-0.15, -0.1) is 0 Å². The molecular formula is C42H46Cl2F2N12O3Si. The van der Waals surface area contributed by atoms with Crippen molar-refractivity contribution in [1.29, 1.82) is 0 Å². The third kappa shape index (κ3) is 9.18. The van der Waals surface area contributed by atoms with E-state index in [-0.39, 0.29) is 40.7 Å². The van der Waals surface area contributed by atoms with Crippen LogP contribution in [0.15, 0.2) is 49.1 Å². The van der Waals surface area contributed by atoms with Gasteiger partial charge in [0.05, 0.1) is 45.3 Å². The molecule has 2 amide bonds. The molecule has 0 spiro atoms. The predicted molar refractivity (Wildman–Crippen MR) is 240 cm³/mol. The van der Waals surface area contributed by atoms with E-state index in [1.54, 1.807) is 54.1 Å². The molecule has 0 aliphatic carbocycles. The molecule has 0 saturated heterocycles. The summed E-state index contributed by atoms with van der Waals surface area (Å²) in [5.41, 5.74) is 5.03. The van der Waals surface area contributed by atoms with E-state index in [4.69, 9.17) is 32.9 Å². The first kappa shape index (κ1) is 44.2. The van der Waals surface area contributed by atoms with Crippen molar-refractivity contribution >= 4 is 87.2 Å². The van der Waals surface area contributed by atoms with Crippen molar-refractivity contribution in [2.24, 2.45) is 14.1 Å². The highest BCUT2D eigenvalue weighted by atomic mass is 35.5. The first-order valence-electron chi connectivity index (χ1n) is 19.8. The molecule has 0 aliphatic heterocycles. The smallest absolute Gasteiger partial charge is 0.255 e. The van der Waals surface area contributed by atoms with Gasteiger partial charge in [0.1, 0.15) is 52.2 Å². The van der Waals surface area contributed by atoms with Gasteiger partial charge >= 0.3 is 0 Å². The summed E-state index contributed by atoms with van der Waals surface area (Å²) in [6.07, 6.45) is 6.31. The Hall–Kier alpha value is -5.82. The quantitative estimate of drug-likeness (QED) is 0.0848. The number of carbonyl (C=O) groups is 2. The second kappa shape index (κ2) is 17.5. The van der Waals surface area contributed by atoms with Crippen LogP contribution in [0.25, 0.3) is 66.9 Å². The number of aryl methyl sites for hydroxylation is 2. The number of halogens is 4. The van der Waals surface area contributed by atoms with Gasteiger partial charge in [-0.2, -0.15) is 10.2 Å². The van der Waals surface area contributed by atoms with Crippen molar-refractivity contribution < 1.29 is 23.1 Å². The van der Waals surface area contributed by atoms with Crippen molar-refractivity contribution in [1.82, 2.24) is 59.7 Å². The summed E-state index contributed by atoms with van der Waals surface area (Å²) in [6, 6.07) is 6.74. The molecule has 0 radical (unpaired) electrons. The summed E-state index contributed by atoms with van der Waals surface area (Å²) in [7, 11) is 2.18. The zero-order valence-electron chi connectivity index (χ0n) is 35.7. The number of hydrogen-bond acceptors (Lipinski definition) is 9. The Kier molecular flexibility index (Phi) is 12.5. The summed E-state index contributed by atoms with van der Waals surface area (Å²) >= 11 is 12.0. The number of fused-ring (bicyclic) bond motifs is 4. The van der Waals surface area contributed by atoms with Crippen LogP contribution in [0.5, 0.6) is 0 Å². The predicted octanol–water partition coefficient (Wildman–Crippen LogP) is 8.67. The second-order valence-corrected chi connectivity index (χ2v) is 23.2. The fourth-order valence-electron chi connectivity index (χ4n) is 6.80. The Labute approximate surface area is 366 Å². The number of amides is 2. The third-order valence-electron chi connectivity index (χ3n) is 9.73. The molecule has 3 N–H and O–H groups in total. The highest BCUT2D eigenvalue weighted by molar-refractivity contribution is 6.76. The van der Waals surface area contributed by atoms with Gasteiger partial charge in [0.15, 0.2) is 11.3 Å². The molecule has 8 aromatic rings. The van der Waals surface area contributed by atoms with Gasteiger partial charge in [0, 0.05) is 63.3 Å². The van der Waals surface area contributed by atoms with Crippen LogP contribution >= 0.6 is 23.2 Å². The normalized spacial score (nSPS) is 12.0. The summed E-state index contributed by atoms with van der Waals surface area (Å²) in [4.78, 5) is 46.4. The van der Waals surface area contributed by atoms with Gasteiger partial charge in [-0.1, -0.05) is 42.8 Å². The van der Waals surface area contributed by atoms with Gasteiger partial charge in [-0.25, -0.2) is 28.7 Å². The van der Waals surface area contributed by atoms with E-state index >= 15 is 0 Å². The Morgan fingerprint density at radius 1 is 0.790 bits per heavy atom. The lowest BCUT2D eigenvalue weighted by molar-refractivity contribution is 0.0890. The Morgan fingerprint density at radius 2 is 1.31 bits per heavy atom. The number of rotatable bonds is 11. The standard InChI is InChI=1S/C24H30ClFN6O2Si.C18H16ClFN6O/c1-14(2)28-24(33)16-12-32(13-34-7-8-35(4,5)6)23-21(16)29-18(11-27-23)22-20-17(26)9-15(25)10-19(20)31(3)30-22;1-8(2)23-18(27)10-6-21-17-15(10)24-12(7-22-17)16-14-11(20)4-9(19)5-13(14)26(3)25-16/h9-12,14H,7-8,13H2,1-6H3,(H,28,33);4-8H,1-3H3,(H,21,22)(H,23,27). The molecular weight excluding hydrogens is 858 g/mol. The zero-order chi connectivity index (χ0) is 44.8. The van der Waals surface area contributed by atoms with Crippen LogP contribution in [0.3, 0.4) is 0 Å². The van der Waals surface area contributed by atoms with Gasteiger partial charge < -0.3 is 24.9 Å². The van der Waals surface area contributed by atoms with Crippen LogP contribution in [0, 0.1) is 11.6 Å². The summed E-state index contributed by atoms with van der Waals surface area (Å²) in [6.45, 7) is 15.3.